The molecular formula is C15H11F3N2O. The molecule has 1 aromatic carbocycles. The van der Waals surface area contributed by atoms with Crippen LogP contribution in [0.1, 0.15) is 16.8 Å². The van der Waals surface area contributed by atoms with Crippen LogP contribution < -0.4 is 4.74 Å². The van der Waals surface area contributed by atoms with Crippen molar-refractivity contribution in [3.8, 4) is 11.9 Å². The number of hydrogen-bond donors (Lipinski definition) is 0. The minimum Gasteiger partial charge on any atom is -0.476 e. The number of nitriles is 1. The van der Waals surface area contributed by atoms with E-state index < -0.39 is 11.9 Å². The second-order valence-electron chi connectivity index (χ2n) is 4.24. The van der Waals surface area contributed by atoms with Crippen LogP contribution in [-0.4, -0.2) is 11.6 Å². The molecule has 0 aliphatic rings. The molecule has 0 N–H and O–H groups in total. The van der Waals surface area contributed by atoms with Crippen LogP contribution in [0.4, 0.5) is 13.2 Å². The highest BCUT2D eigenvalue weighted by Gasteiger charge is 2.33. The second kappa shape index (κ2) is 6.27. The molecule has 0 unspecified atom stereocenters. The molecule has 0 amide bonds. The van der Waals surface area contributed by atoms with E-state index >= 15 is 0 Å². The zero-order chi connectivity index (χ0) is 15.3. The van der Waals surface area contributed by atoms with Gasteiger partial charge in [-0.25, -0.2) is 4.98 Å². The Morgan fingerprint density at radius 3 is 2.43 bits per heavy atom. The lowest BCUT2D eigenvalue weighted by Gasteiger charge is -2.10. The summed E-state index contributed by atoms with van der Waals surface area (Å²) in [6.45, 7) is 0.146. The summed E-state index contributed by atoms with van der Waals surface area (Å²) in [5, 5.41) is 8.88. The topological polar surface area (TPSA) is 45.9 Å². The van der Waals surface area contributed by atoms with Crippen molar-refractivity contribution in [2.24, 2.45) is 0 Å². The first-order chi connectivity index (χ1) is 10.0. The number of alkyl halides is 3. The molecule has 0 saturated carbocycles. The monoisotopic (exact) mass is 292 g/mol. The van der Waals surface area contributed by atoms with Gasteiger partial charge in [0.1, 0.15) is 17.3 Å². The number of pyridine rings is 1. The van der Waals surface area contributed by atoms with Gasteiger partial charge in [-0.05, 0) is 17.7 Å². The lowest BCUT2D eigenvalue weighted by Crippen LogP contribution is -2.11. The normalized spacial score (nSPS) is 11.0. The van der Waals surface area contributed by atoms with Gasteiger partial charge in [-0.15, -0.1) is 0 Å². The zero-order valence-corrected chi connectivity index (χ0v) is 10.9. The lowest BCUT2D eigenvalue weighted by molar-refractivity contribution is -0.141. The van der Waals surface area contributed by atoms with Crippen LogP contribution in [0.5, 0.6) is 5.88 Å². The number of hydrogen-bond acceptors (Lipinski definition) is 3. The molecule has 108 valence electrons. The highest BCUT2D eigenvalue weighted by molar-refractivity contribution is 5.39. The van der Waals surface area contributed by atoms with Gasteiger partial charge in [0.25, 0.3) is 0 Å². The van der Waals surface area contributed by atoms with Gasteiger partial charge >= 0.3 is 6.18 Å². The van der Waals surface area contributed by atoms with Crippen molar-refractivity contribution in [3.63, 3.8) is 0 Å². The third-order valence-electron chi connectivity index (χ3n) is 2.74. The number of halogens is 3. The van der Waals surface area contributed by atoms with Gasteiger partial charge in [-0.3, -0.25) is 0 Å². The van der Waals surface area contributed by atoms with Gasteiger partial charge in [0.2, 0.25) is 5.88 Å². The molecule has 2 rings (SSSR count). The predicted molar refractivity (Wildman–Crippen MR) is 69.6 cm³/mol. The van der Waals surface area contributed by atoms with E-state index in [9.17, 15) is 13.2 Å². The van der Waals surface area contributed by atoms with E-state index in [0.717, 1.165) is 17.7 Å². The minimum absolute atomic E-state index is 0.0175. The summed E-state index contributed by atoms with van der Waals surface area (Å²) in [6, 6.07) is 13.0. The SMILES string of the molecule is N#Cc1ccc(C(F)(F)F)nc1OCCc1ccccc1. The molecule has 1 heterocycles. The number of aromatic nitrogens is 1. The van der Waals surface area contributed by atoms with Crippen LogP contribution in [0, 0.1) is 11.3 Å². The van der Waals surface area contributed by atoms with Crippen LogP contribution in [0.2, 0.25) is 0 Å². The largest absolute Gasteiger partial charge is 0.476 e. The van der Waals surface area contributed by atoms with Crippen molar-refractivity contribution in [2.75, 3.05) is 6.61 Å². The molecular weight excluding hydrogens is 281 g/mol. The Hall–Kier alpha value is -2.55. The zero-order valence-electron chi connectivity index (χ0n) is 10.9. The van der Waals surface area contributed by atoms with E-state index in [1.165, 1.54) is 0 Å². The standard InChI is InChI=1S/C15H11F3N2O/c16-15(17,18)13-7-6-12(10-19)14(20-13)21-9-8-11-4-2-1-3-5-11/h1-7H,8-9H2. The molecule has 2 aromatic rings. The highest BCUT2D eigenvalue weighted by Crippen LogP contribution is 2.30. The Kier molecular flexibility index (Phi) is 4.43. The number of benzene rings is 1. The molecule has 0 saturated heterocycles. The number of nitrogens with zero attached hydrogens (tertiary/aromatic N) is 2. The first-order valence-electron chi connectivity index (χ1n) is 6.16. The fourth-order valence-electron chi connectivity index (χ4n) is 1.70. The number of rotatable bonds is 4. The van der Waals surface area contributed by atoms with Gasteiger partial charge < -0.3 is 4.74 Å². The molecule has 0 atom stereocenters. The van der Waals surface area contributed by atoms with Gasteiger partial charge in [0, 0.05) is 6.42 Å². The molecule has 0 radical (unpaired) electrons. The van der Waals surface area contributed by atoms with E-state index in [4.69, 9.17) is 10.00 Å². The Balaban J connectivity index is 2.10. The van der Waals surface area contributed by atoms with Crippen LogP contribution >= 0.6 is 0 Å². The summed E-state index contributed by atoms with van der Waals surface area (Å²) in [7, 11) is 0. The molecule has 1 aromatic heterocycles. The van der Waals surface area contributed by atoms with Crippen molar-refractivity contribution < 1.29 is 17.9 Å². The summed E-state index contributed by atoms with van der Waals surface area (Å²) in [4.78, 5) is 3.38. The third-order valence-corrected chi connectivity index (χ3v) is 2.74. The Morgan fingerprint density at radius 1 is 1.10 bits per heavy atom. The molecule has 0 spiro atoms. The molecule has 0 bridgehead atoms. The maximum Gasteiger partial charge on any atom is 0.433 e. The quantitative estimate of drug-likeness (QED) is 0.865. The van der Waals surface area contributed by atoms with E-state index in [2.05, 4.69) is 4.98 Å². The van der Waals surface area contributed by atoms with E-state index in [1.54, 1.807) is 6.07 Å². The summed E-state index contributed by atoms with van der Waals surface area (Å²) in [5.41, 5.74) is -0.102. The van der Waals surface area contributed by atoms with Crippen molar-refractivity contribution in [3.05, 3.63) is 59.3 Å². The van der Waals surface area contributed by atoms with Crippen molar-refractivity contribution >= 4 is 0 Å². The highest BCUT2D eigenvalue weighted by atomic mass is 19.4. The Morgan fingerprint density at radius 2 is 1.81 bits per heavy atom. The van der Waals surface area contributed by atoms with Gasteiger partial charge in [-0.1, -0.05) is 30.3 Å². The Labute approximate surface area is 119 Å². The van der Waals surface area contributed by atoms with Crippen LogP contribution in [-0.2, 0) is 12.6 Å². The average molecular weight is 292 g/mol. The number of ether oxygens (including phenoxy) is 1. The van der Waals surface area contributed by atoms with Crippen LogP contribution in [0.25, 0.3) is 0 Å². The summed E-state index contributed by atoms with van der Waals surface area (Å²) >= 11 is 0. The fourth-order valence-corrected chi connectivity index (χ4v) is 1.70. The van der Waals surface area contributed by atoms with Crippen molar-refractivity contribution in [2.45, 2.75) is 12.6 Å². The fraction of sp³-hybridized carbons (Fsp3) is 0.200. The van der Waals surface area contributed by atoms with Gasteiger partial charge in [-0.2, -0.15) is 18.4 Å². The minimum atomic E-state index is -4.56. The van der Waals surface area contributed by atoms with Crippen molar-refractivity contribution in [1.29, 1.82) is 5.26 Å². The molecule has 0 fully saturated rings. The molecule has 3 nitrogen and oxygen atoms in total. The smallest absolute Gasteiger partial charge is 0.433 e. The predicted octanol–water partition coefficient (Wildman–Crippen LogP) is 3.59. The molecule has 0 aliphatic heterocycles. The van der Waals surface area contributed by atoms with E-state index in [0.29, 0.717) is 6.42 Å². The first-order valence-corrected chi connectivity index (χ1v) is 6.16. The Bertz CT molecular complexity index is 648. The third kappa shape index (κ3) is 3.96. The first kappa shape index (κ1) is 14.9. The van der Waals surface area contributed by atoms with Gasteiger partial charge in [0.05, 0.1) is 6.61 Å². The average Bonchev–Trinajstić information content (AvgIpc) is 2.47. The second-order valence-corrected chi connectivity index (χ2v) is 4.24. The summed E-state index contributed by atoms with van der Waals surface area (Å²) < 4.78 is 43.0. The van der Waals surface area contributed by atoms with Crippen LogP contribution in [0.3, 0.4) is 0 Å². The summed E-state index contributed by atoms with van der Waals surface area (Å²) in [6.07, 6.45) is -4.05. The summed E-state index contributed by atoms with van der Waals surface area (Å²) in [5.74, 6) is -0.289. The molecule has 6 heteroatoms. The lowest BCUT2D eigenvalue weighted by atomic mass is 10.2. The van der Waals surface area contributed by atoms with Crippen molar-refractivity contribution in [1.82, 2.24) is 4.98 Å². The maximum atomic E-state index is 12.6. The van der Waals surface area contributed by atoms with E-state index in [1.807, 2.05) is 30.3 Å². The molecule has 0 aliphatic carbocycles. The van der Waals surface area contributed by atoms with Gasteiger partial charge in [0.15, 0.2) is 0 Å². The molecule has 21 heavy (non-hydrogen) atoms. The maximum absolute atomic E-state index is 12.6. The van der Waals surface area contributed by atoms with E-state index in [-0.39, 0.29) is 18.1 Å². The van der Waals surface area contributed by atoms with Crippen LogP contribution in [0.15, 0.2) is 42.5 Å².